The highest BCUT2D eigenvalue weighted by molar-refractivity contribution is 6.24. The molecule has 0 amide bonds. The smallest absolute Gasteiger partial charge is 0.151 e. The van der Waals surface area contributed by atoms with Crippen LogP contribution in [0.15, 0.2) is 127 Å². The summed E-state index contributed by atoms with van der Waals surface area (Å²) in [5.41, 5.74) is 8.53. The summed E-state index contributed by atoms with van der Waals surface area (Å²) in [6.07, 6.45) is 0. The first-order valence-corrected chi connectivity index (χ1v) is 14.9. The molecule has 7 aromatic carbocycles. The second-order valence-electron chi connectivity index (χ2n) is 11.3. The summed E-state index contributed by atoms with van der Waals surface area (Å²) in [4.78, 5) is 12.2. The fraction of sp³-hybridized carbons (Fsp3) is 0. The summed E-state index contributed by atoms with van der Waals surface area (Å²) in [7, 11) is 0. The van der Waals surface area contributed by atoms with Crippen LogP contribution in [0.5, 0.6) is 11.5 Å². The molecule has 0 saturated heterocycles. The summed E-state index contributed by atoms with van der Waals surface area (Å²) >= 11 is 0. The van der Waals surface area contributed by atoms with E-state index in [-0.39, 0.29) is 0 Å². The number of benzene rings is 7. The zero-order valence-corrected chi connectivity index (χ0v) is 24.3. The molecule has 6 heteroatoms. The van der Waals surface area contributed by atoms with Gasteiger partial charge in [0.05, 0.1) is 44.6 Å². The van der Waals surface area contributed by atoms with Gasteiger partial charge in [-0.1, -0.05) is 72.8 Å². The van der Waals surface area contributed by atoms with Gasteiger partial charge in [-0.05, 0) is 76.5 Å². The number of rotatable bonds is 2. The highest BCUT2D eigenvalue weighted by Crippen LogP contribution is 2.50. The number of nitriles is 2. The zero-order valence-electron chi connectivity index (χ0n) is 24.3. The highest BCUT2D eigenvalue weighted by atomic mass is 16.5. The van der Waals surface area contributed by atoms with E-state index in [9.17, 15) is 10.5 Å². The van der Waals surface area contributed by atoms with Crippen LogP contribution in [0.25, 0.3) is 54.7 Å². The van der Waals surface area contributed by atoms with Gasteiger partial charge < -0.3 is 9.64 Å². The molecule has 0 atom stereocenters. The lowest BCUT2D eigenvalue weighted by atomic mass is 9.95. The molecule has 0 radical (unpaired) electrons. The molecular weight excluding hydrogens is 566 g/mol. The molecule has 6 nitrogen and oxygen atoms in total. The SMILES string of the molecule is N#Cc1cc2nc3c4ccccc4c4cc(-c5ccc(N6c7ccccc7Oc7ccccc76)cc5)ccc4c3nc2cc1C#N. The molecule has 9 rings (SSSR count). The largest absolute Gasteiger partial charge is 0.453 e. The van der Waals surface area contributed by atoms with Crippen LogP contribution in [0.3, 0.4) is 0 Å². The number of ether oxygens (including phenoxy) is 1. The Morgan fingerprint density at radius 1 is 0.500 bits per heavy atom. The molecule has 0 spiro atoms. The van der Waals surface area contributed by atoms with Gasteiger partial charge in [0.2, 0.25) is 0 Å². The summed E-state index contributed by atoms with van der Waals surface area (Å²) in [6, 6.07) is 47.0. The van der Waals surface area contributed by atoms with E-state index in [0.717, 1.165) is 72.3 Å². The van der Waals surface area contributed by atoms with Crippen LogP contribution in [-0.2, 0) is 0 Å². The molecule has 212 valence electrons. The van der Waals surface area contributed by atoms with Crippen molar-refractivity contribution < 1.29 is 4.74 Å². The standard InChI is InChI=1S/C40H21N5O/c41-22-26-20-33-34(21-27(26)23-42)44-40-31-18-15-25(19-32(31)29-7-1-2-8-30(29)39(40)43-33)24-13-16-28(17-14-24)45-35-9-3-5-11-37(35)46-38-12-6-4-10-36(38)45/h1-21H. The second-order valence-corrected chi connectivity index (χ2v) is 11.3. The number of fused-ring (bicyclic) bond motifs is 9. The fourth-order valence-corrected chi connectivity index (χ4v) is 6.53. The number of aromatic nitrogens is 2. The van der Waals surface area contributed by atoms with Crippen molar-refractivity contribution in [1.82, 2.24) is 9.97 Å². The summed E-state index contributed by atoms with van der Waals surface area (Å²) in [5, 5.41) is 23.3. The maximum Gasteiger partial charge on any atom is 0.151 e. The van der Waals surface area contributed by atoms with Crippen molar-refractivity contribution in [2.75, 3.05) is 4.90 Å². The molecule has 2 heterocycles. The van der Waals surface area contributed by atoms with E-state index in [1.165, 1.54) is 0 Å². The Balaban J connectivity index is 1.20. The lowest BCUT2D eigenvalue weighted by Gasteiger charge is -2.32. The summed E-state index contributed by atoms with van der Waals surface area (Å²) in [6.45, 7) is 0. The third-order valence-corrected chi connectivity index (χ3v) is 8.68. The fourth-order valence-electron chi connectivity index (χ4n) is 6.53. The van der Waals surface area contributed by atoms with Gasteiger partial charge in [-0.2, -0.15) is 10.5 Å². The summed E-state index contributed by atoms with van der Waals surface area (Å²) in [5.74, 6) is 1.65. The molecule has 0 aliphatic carbocycles. The molecule has 1 aliphatic rings. The van der Waals surface area contributed by atoms with Crippen molar-refractivity contribution in [1.29, 1.82) is 10.5 Å². The van der Waals surface area contributed by atoms with Gasteiger partial charge in [-0.15, -0.1) is 0 Å². The van der Waals surface area contributed by atoms with Crippen molar-refractivity contribution in [3.8, 4) is 34.8 Å². The zero-order chi connectivity index (χ0) is 30.8. The predicted octanol–water partition coefficient (Wildman–Crippen LogP) is 10.1. The van der Waals surface area contributed by atoms with Crippen LogP contribution >= 0.6 is 0 Å². The molecule has 0 bridgehead atoms. The molecule has 1 aliphatic heterocycles. The highest BCUT2D eigenvalue weighted by Gasteiger charge is 2.25. The van der Waals surface area contributed by atoms with E-state index in [2.05, 4.69) is 83.8 Å². The first-order valence-electron chi connectivity index (χ1n) is 14.9. The van der Waals surface area contributed by atoms with Gasteiger partial charge in [0.1, 0.15) is 12.1 Å². The number of para-hydroxylation sites is 4. The van der Waals surface area contributed by atoms with E-state index in [1.54, 1.807) is 12.1 Å². The molecule has 0 fully saturated rings. The minimum absolute atomic E-state index is 0.295. The lowest BCUT2D eigenvalue weighted by Crippen LogP contribution is -2.15. The minimum atomic E-state index is 0.295. The van der Waals surface area contributed by atoms with E-state index < -0.39 is 0 Å². The molecule has 8 aromatic rings. The van der Waals surface area contributed by atoms with Crippen molar-refractivity contribution in [3.05, 3.63) is 139 Å². The minimum Gasteiger partial charge on any atom is -0.453 e. The first kappa shape index (κ1) is 25.7. The Morgan fingerprint density at radius 3 is 1.63 bits per heavy atom. The van der Waals surface area contributed by atoms with Gasteiger partial charge in [-0.25, -0.2) is 9.97 Å². The molecule has 46 heavy (non-hydrogen) atoms. The number of hydrogen-bond donors (Lipinski definition) is 0. The number of anilines is 3. The predicted molar refractivity (Wildman–Crippen MR) is 182 cm³/mol. The van der Waals surface area contributed by atoms with Crippen molar-refractivity contribution in [3.63, 3.8) is 0 Å². The summed E-state index contributed by atoms with van der Waals surface area (Å²) < 4.78 is 6.20. The maximum absolute atomic E-state index is 9.59. The van der Waals surface area contributed by atoms with Crippen LogP contribution in [0, 0.1) is 22.7 Å². The van der Waals surface area contributed by atoms with E-state index in [0.29, 0.717) is 22.2 Å². The van der Waals surface area contributed by atoms with Gasteiger partial charge in [-0.3, -0.25) is 0 Å². The third-order valence-electron chi connectivity index (χ3n) is 8.68. The lowest BCUT2D eigenvalue weighted by molar-refractivity contribution is 0.477. The van der Waals surface area contributed by atoms with Gasteiger partial charge in [0, 0.05) is 16.5 Å². The monoisotopic (exact) mass is 587 g/mol. The Bertz CT molecular complexity index is 2600. The average molecular weight is 588 g/mol. The quantitative estimate of drug-likeness (QED) is 0.148. The van der Waals surface area contributed by atoms with Crippen LogP contribution in [0.1, 0.15) is 11.1 Å². The van der Waals surface area contributed by atoms with Crippen molar-refractivity contribution in [2.45, 2.75) is 0 Å². The Labute approximate surface area is 263 Å². The van der Waals surface area contributed by atoms with E-state index >= 15 is 0 Å². The topological polar surface area (TPSA) is 85.8 Å². The number of nitrogens with zero attached hydrogens (tertiary/aromatic N) is 5. The number of hydrogen-bond acceptors (Lipinski definition) is 6. The molecule has 1 aromatic heterocycles. The molecule has 0 unspecified atom stereocenters. The van der Waals surface area contributed by atoms with Crippen LogP contribution < -0.4 is 9.64 Å². The molecule has 0 saturated carbocycles. The van der Waals surface area contributed by atoms with Crippen molar-refractivity contribution in [2.24, 2.45) is 0 Å². The third kappa shape index (κ3) is 3.81. The van der Waals surface area contributed by atoms with Crippen LogP contribution in [-0.4, -0.2) is 9.97 Å². The van der Waals surface area contributed by atoms with E-state index in [4.69, 9.17) is 14.7 Å². The Kier molecular flexibility index (Phi) is 5.53. The normalized spacial score (nSPS) is 12.0. The Hall–Kier alpha value is -6.76. The van der Waals surface area contributed by atoms with Crippen LogP contribution in [0.4, 0.5) is 17.1 Å². The molecule has 0 N–H and O–H groups in total. The Morgan fingerprint density at radius 2 is 1.02 bits per heavy atom. The maximum atomic E-state index is 9.59. The van der Waals surface area contributed by atoms with Gasteiger partial charge >= 0.3 is 0 Å². The van der Waals surface area contributed by atoms with Gasteiger partial charge in [0.15, 0.2) is 11.5 Å². The van der Waals surface area contributed by atoms with Gasteiger partial charge in [0.25, 0.3) is 0 Å². The molecular formula is C40H21N5O. The van der Waals surface area contributed by atoms with Crippen molar-refractivity contribution >= 4 is 60.7 Å². The van der Waals surface area contributed by atoms with E-state index in [1.807, 2.05) is 48.5 Å². The second kappa shape index (κ2) is 9.89. The van der Waals surface area contributed by atoms with Crippen LogP contribution in [0.2, 0.25) is 0 Å². The average Bonchev–Trinajstić information content (AvgIpc) is 3.12. The first-order chi connectivity index (χ1) is 22.7.